The third kappa shape index (κ3) is 3.82. The van der Waals surface area contributed by atoms with Gasteiger partial charge in [0.15, 0.2) is 0 Å². The van der Waals surface area contributed by atoms with Crippen molar-refractivity contribution in [2.45, 2.75) is 24.3 Å². The van der Waals surface area contributed by atoms with Gasteiger partial charge in [-0.3, -0.25) is 9.89 Å². The zero-order valence-electron chi connectivity index (χ0n) is 10.8. The molecular weight excluding hydrogens is 262 g/mol. The summed E-state index contributed by atoms with van der Waals surface area (Å²) in [6.45, 7) is 1.86. The van der Waals surface area contributed by atoms with Gasteiger partial charge in [-0.25, -0.2) is 4.98 Å². The maximum atomic E-state index is 11.4. The summed E-state index contributed by atoms with van der Waals surface area (Å²) in [6, 6.07) is 7.82. The third-order valence-corrected chi connectivity index (χ3v) is 3.51. The van der Waals surface area contributed by atoms with E-state index >= 15 is 0 Å². The molecule has 2 aromatic rings. The summed E-state index contributed by atoms with van der Waals surface area (Å²) in [5, 5.41) is 7.59. The van der Waals surface area contributed by atoms with Gasteiger partial charge in [0.25, 0.3) is 0 Å². The van der Waals surface area contributed by atoms with Crippen molar-refractivity contribution in [3.8, 4) is 0 Å². The molecule has 0 unspecified atom stereocenters. The van der Waals surface area contributed by atoms with Crippen molar-refractivity contribution in [2.24, 2.45) is 0 Å². The zero-order chi connectivity index (χ0) is 13.7. The third-order valence-electron chi connectivity index (χ3n) is 2.61. The van der Waals surface area contributed by atoms with E-state index in [1.807, 2.05) is 31.2 Å². The number of methoxy groups -OCH3 is 1. The molecule has 0 saturated carbocycles. The molecule has 0 fully saturated rings. The van der Waals surface area contributed by atoms with Crippen LogP contribution in [0.25, 0.3) is 0 Å². The molecule has 0 amide bonds. The van der Waals surface area contributed by atoms with Crippen LogP contribution in [-0.2, 0) is 21.7 Å². The van der Waals surface area contributed by atoms with Crippen LogP contribution in [0.1, 0.15) is 17.0 Å². The molecule has 0 saturated heterocycles. The fourth-order valence-corrected chi connectivity index (χ4v) is 2.51. The Labute approximate surface area is 115 Å². The minimum Gasteiger partial charge on any atom is -0.469 e. The van der Waals surface area contributed by atoms with Crippen LogP contribution in [0.5, 0.6) is 0 Å². The molecule has 1 aromatic carbocycles. The van der Waals surface area contributed by atoms with Crippen LogP contribution in [0, 0.1) is 6.92 Å². The minimum absolute atomic E-state index is 0.230. The smallest absolute Gasteiger partial charge is 0.309 e. The monoisotopic (exact) mass is 277 g/mol. The highest BCUT2D eigenvalue weighted by Crippen LogP contribution is 2.21. The van der Waals surface area contributed by atoms with Gasteiger partial charge in [0.2, 0.25) is 5.16 Å². The lowest BCUT2D eigenvalue weighted by atomic mass is 10.1. The lowest BCUT2D eigenvalue weighted by Gasteiger charge is -2.07. The quantitative estimate of drug-likeness (QED) is 0.669. The molecule has 0 radical (unpaired) electrons. The molecule has 1 N–H and O–H groups in total. The molecule has 0 spiro atoms. The first kappa shape index (κ1) is 13.6. The van der Waals surface area contributed by atoms with E-state index in [0.29, 0.717) is 11.6 Å². The number of rotatable bonds is 5. The zero-order valence-corrected chi connectivity index (χ0v) is 11.7. The summed E-state index contributed by atoms with van der Waals surface area (Å²) in [4.78, 5) is 15.6. The molecule has 0 bridgehead atoms. The Kier molecular flexibility index (Phi) is 4.57. The summed E-state index contributed by atoms with van der Waals surface area (Å²) < 4.78 is 4.70. The van der Waals surface area contributed by atoms with Gasteiger partial charge in [0.1, 0.15) is 5.82 Å². The molecule has 100 valence electrons. The fraction of sp³-hybridized carbons (Fsp3) is 0.308. The van der Waals surface area contributed by atoms with Gasteiger partial charge < -0.3 is 4.74 Å². The lowest BCUT2D eigenvalue weighted by Crippen LogP contribution is -2.06. The van der Waals surface area contributed by atoms with E-state index in [4.69, 9.17) is 4.74 Å². The number of carbonyl (C=O) groups excluding carboxylic acids is 1. The van der Waals surface area contributed by atoms with Gasteiger partial charge in [-0.05, 0) is 18.1 Å². The number of aromatic amines is 1. The number of hydrogen-bond acceptors (Lipinski definition) is 5. The van der Waals surface area contributed by atoms with E-state index in [9.17, 15) is 4.79 Å². The number of H-pyrrole nitrogens is 1. The number of aromatic nitrogens is 3. The number of thioether (sulfide) groups is 1. The standard InChI is InChI=1S/C13H15N3O2S/c1-9-14-13(16-15-9)19-8-11-6-4-3-5-10(11)7-12(17)18-2/h3-6H,7-8H2,1-2H3,(H,14,15,16). The van der Waals surface area contributed by atoms with Crippen molar-refractivity contribution in [1.82, 2.24) is 15.2 Å². The number of benzene rings is 1. The molecule has 0 aliphatic rings. The largest absolute Gasteiger partial charge is 0.469 e. The molecule has 0 aliphatic carbocycles. The van der Waals surface area contributed by atoms with Gasteiger partial charge >= 0.3 is 5.97 Å². The molecular formula is C13H15N3O2S. The van der Waals surface area contributed by atoms with E-state index in [1.165, 1.54) is 18.9 Å². The first-order valence-corrected chi connectivity index (χ1v) is 6.83. The molecule has 6 heteroatoms. The van der Waals surface area contributed by atoms with Crippen LogP contribution in [0.15, 0.2) is 29.4 Å². The average Bonchev–Trinajstić information content (AvgIpc) is 2.83. The van der Waals surface area contributed by atoms with Crippen LogP contribution >= 0.6 is 11.8 Å². The van der Waals surface area contributed by atoms with Crippen LogP contribution in [-0.4, -0.2) is 28.3 Å². The van der Waals surface area contributed by atoms with Crippen molar-refractivity contribution < 1.29 is 9.53 Å². The number of ether oxygens (including phenoxy) is 1. The first-order chi connectivity index (χ1) is 9.19. The first-order valence-electron chi connectivity index (χ1n) is 5.84. The Morgan fingerprint density at radius 2 is 2.11 bits per heavy atom. The normalized spacial score (nSPS) is 10.4. The second-order valence-electron chi connectivity index (χ2n) is 4.01. The predicted octanol–water partition coefficient (Wildman–Crippen LogP) is 2.12. The molecule has 19 heavy (non-hydrogen) atoms. The number of nitrogens with one attached hydrogen (secondary N) is 1. The molecule has 1 aromatic heterocycles. The predicted molar refractivity (Wildman–Crippen MR) is 72.8 cm³/mol. The Balaban J connectivity index is 2.05. The van der Waals surface area contributed by atoms with E-state index in [0.717, 1.165) is 22.7 Å². The van der Waals surface area contributed by atoms with Crippen LogP contribution in [0.3, 0.4) is 0 Å². The molecule has 1 heterocycles. The second-order valence-corrected chi connectivity index (χ2v) is 4.96. The summed E-state index contributed by atoms with van der Waals surface area (Å²) in [5.74, 6) is 1.29. The van der Waals surface area contributed by atoms with Crippen molar-refractivity contribution in [2.75, 3.05) is 7.11 Å². The number of carbonyl (C=O) groups is 1. The van der Waals surface area contributed by atoms with E-state index in [2.05, 4.69) is 15.2 Å². The van der Waals surface area contributed by atoms with Gasteiger partial charge in [-0.1, -0.05) is 36.0 Å². The van der Waals surface area contributed by atoms with Crippen molar-refractivity contribution >= 4 is 17.7 Å². The Hall–Kier alpha value is -1.82. The minimum atomic E-state index is -0.230. The molecule has 0 atom stereocenters. The fourth-order valence-electron chi connectivity index (χ4n) is 1.63. The van der Waals surface area contributed by atoms with Gasteiger partial charge in [-0.2, -0.15) is 0 Å². The highest BCUT2D eigenvalue weighted by Gasteiger charge is 2.09. The number of aryl methyl sites for hydroxylation is 1. The number of esters is 1. The average molecular weight is 277 g/mol. The van der Waals surface area contributed by atoms with E-state index in [-0.39, 0.29) is 5.97 Å². The number of hydrogen-bond donors (Lipinski definition) is 1. The summed E-state index contributed by atoms with van der Waals surface area (Å²) in [5.41, 5.74) is 2.08. The SMILES string of the molecule is COC(=O)Cc1ccccc1CSc1n[nH]c(C)n1. The highest BCUT2D eigenvalue weighted by atomic mass is 32.2. The van der Waals surface area contributed by atoms with Crippen LogP contribution in [0.2, 0.25) is 0 Å². The van der Waals surface area contributed by atoms with E-state index in [1.54, 1.807) is 0 Å². The second kappa shape index (κ2) is 6.38. The van der Waals surface area contributed by atoms with Crippen LogP contribution in [0.4, 0.5) is 0 Å². The van der Waals surface area contributed by atoms with Crippen molar-refractivity contribution in [1.29, 1.82) is 0 Å². The summed E-state index contributed by atoms with van der Waals surface area (Å²) >= 11 is 1.54. The molecule has 5 nitrogen and oxygen atoms in total. The topological polar surface area (TPSA) is 67.9 Å². The molecule has 0 aliphatic heterocycles. The highest BCUT2D eigenvalue weighted by molar-refractivity contribution is 7.98. The summed E-state index contributed by atoms with van der Waals surface area (Å²) in [7, 11) is 1.40. The Morgan fingerprint density at radius 3 is 2.74 bits per heavy atom. The Bertz CT molecular complexity index is 569. The Morgan fingerprint density at radius 1 is 1.37 bits per heavy atom. The molecule has 2 rings (SSSR count). The summed E-state index contributed by atoms with van der Waals surface area (Å²) in [6.07, 6.45) is 0.292. The maximum absolute atomic E-state index is 11.4. The van der Waals surface area contributed by atoms with Gasteiger partial charge in [-0.15, -0.1) is 5.10 Å². The van der Waals surface area contributed by atoms with Gasteiger partial charge in [0, 0.05) is 5.75 Å². The van der Waals surface area contributed by atoms with Crippen molar-refractivity contribution in [3.63, 3.8) is 0 Å². The van der Waals surface area contributed by atoms with Crippen molar-refractivity contribution in [3.05, 3.63) is 41.2 Å². The maximum Gasteiger partial charge on any atom is 0.309 e. The van der Waals surface area contributed by atoms with E-state index < -0.39 is 0 Å². The number of nitrogens with zero attached hydrogens (tertiary/aromatic N) is 2. The van der Waals surface area contributed by atoms with Gasteiger partial charge in [0.05, 0.1) is 13.5 Å². The lowest BCUT2D eigenvalue weighted by molar-refractivity contribution is -0.139. The van der Waals surface area contributed by atoms with Crippen LogP contribution < -0.4 is 0 Å².